The first kappa shape index (κ1) is 8.45. The molecule has 0 spiro atoms. The third kappa shape index (κ3) is 5.32. The molecule has 1 N–H and O–H groups in total. The Morgan fingerprint density at radius 2 is 2.33 bits per heavy atom. The Morgan fingerprint density at radius 1 is 1.67 bits per heavy atom. The van der Waals surface area contributed by atoms with Crippen LogP contribution in [0.1, 0.15) is 26.7 Å². The second-order valence-electron chi connectivity index (χ2n) is 2.22. The molecule has 0 saturated heterocycles. The van der Waals surface area contributed by atoms with Crippen LogP contribution < -0.4 is 5.32 Å². The van der Waals surface area contributed by atoms with E-state index in [0.717, 1.165) is 13.0 Å². The van der Waals surface area contributed by atoms with Gasteiger partial charge in [-0.05, 0) is 19.9 Å². The van der Waals surface area contributed by atoms with E-state index in [1.54, 1.807) is 0 Å². The molecular formula is C7H14N2. The highest BCUT2D eigenvalue weighted by Gasteiger charge is 1.95. The minimum atomic E-state index is 0.356. The van der Waals surface area contributed by atoms with Crippen LogP contribution in [-0.2, 0) is 0 Å². The molecule has 1 unspecified atom stereocenters. The zero-order valence-electron chi connectivity index (χ0n) is 6.15. The predicted octanol–water partition coefficient (Wildman–Crippen LogP) is 1.29. The van der Waals surface area contributed by atoms with Gasteiger partial charge in [0.15, 0.2) is 0 Å². The molecule has 0 amide bonds. The highest BCUT2D eigenvalue weighted by atomic mass is 14.9. The van der Waals surface area contributed by atoms with E-state index in [1.807, 2.05) is 6.92 Å². The molecule has 0 saturated carbocycles. The molecule has 0 fully saturated rings. The first-order valence-corrected chi connectivity index (χ1v) is 3.41. The van der Waals surface area contributed by atoms with Crippen LogP contribution in [0.15, 0.2) is 0 Å². The summed E-state index contributed by atoms with van der Waals surface area (Å²) in [6.45, 7) is 5.16. The minimum absolute atomic E-state index is 0.356. The molecule has 0 rings (SSSR count). The normalized spacial score (nSPS) is 12.6. The van der Waals surface area contributed by atoms with Gasteiger partial charge in [0.25, 0.3) is 0 Å². The maximum Gasteiger partial charge on any atom is 0.0638 e. The average molecular weight is 126 g/mol. The van der Waals surface area contributed by atoms with Crippen LogP contribution in [0, 0.1) is 11.3 Å². The van der Waals surface area contributed by atoms with E-state index < -0.39 is 0 Å². The third-order valence-electron chi connectivity index (χ3n) is 1.14. The van der Waals surface area contributed by atoms with Crippen molar-refractivity contribution in [1.82, 2.24) is 5.32 Å². The summed E-state index contributed by atoms with van der Waals surface area (Å²) >= 11 is 0. The lowest BCUT2D eigenvalue weighted by Crippen LogP contribution is -2.25. The number of hydrogen-bond acceptors (Lipinski definition) is 2. The Morgan fingerprint density at radius 3 is 2.78 bits per heavy atom. The molecule has 0 aromatic carbocycles. The van der Waals surface area contributed by atoms with E-state index >= 15 is 0 Å². The third-order valence-corrected chi connectivity index (χ3v) is 1.14. The maximum absolute atomic E-state index is 8.25. The van der Waals surface area contributed by atoms with Crippen molar-refractivity contribution >= 4 is 0 Å². The maximum atomic E-state index is 8.25. The summed E-state index contributed by atoms with van der Waals surface area (Å²) in [7, 11) is 0. The van der Waals surface area contributed by atoms with Gasteiger partial charge in [-0.3, -0.25) is 0 Å². The van der Waals surface area contributed by atoms with Gasteiger partial charge in [-0.2, -0.15) is 5.26 Å². The van der Waals surface area contributed by atoms with Crippen molar-refractivity contribution in [3.8, 4) is 6.07 Å². The lowest BCUT2D eigenvalue weighted by molar-refractivity contribution is 0.555. The van der Waals surface area contributed by atoms with Crippen LogP contribution in [0.4, 0.5) is 0 Å². The first-order chi connectivity index (χ1) is 4.31. The number of rotatable bonds is 4. The highest BCUT2D eigenvalue weighted by Crippen LogP contribution is 1.86. The molecular weight excluding hydrogens is 112 g/mol. The smallest absolute Gasteiger partial charge is 0.0638 e. The van der Waals surface area contributed by atoms with Crippen LogP contribution in [0.3, 0.4) is 0 Å². The average Bonchev–Trinajstić information content (AvgIpc) is 1.85. The fourth-order valence-corrected chi connectivity index (χ4v) is 0.600. The van der Waals surface area contributed by atoms with Gasteiger partial charge in [-0.15, -0.1) is 0 Å². The second-order valence-corrected chi connectivity index (χ2v) is 2.22. The van der Waals surface area contributed by atoms with Crippen molar-refractivity contribution in [2.45, 2.75) is 32.7 Å². The molecule has 0 aliphatic heterocycles. The van der Waals surface area contributed by atoms with E-state index in [2.05, 4.69) is 18.3 Å². The molecule has 0 heterocycles. The van der Waals surface area contributed by atoms with Gasteiger partial charge in [-0.1, -0.05) is 6.92 Å². The van der Waals surface area contributed by atoms with Gasteiger partial charge in [0.05, 0.1) is 12.5 Å². The minimum Gasteiger partial charge on any atom is -0.313 e. The number of hydrogen-bond donors (Lipinski definition) is 1. The Hall–Kier alpha value is -0.550. The molecule has 9 heavy (non-hydrogen) atoms. The SMILES string of the molecule is CCCNC(C)CC#N. The van der Waals surface area contributed by atoms with Crippen molar-refractivity contribution in [3.63, 3.8) is 0 Å². The Balaban J connectivity index is 3.08. The second kappa shape index (κ2) is 5.58. The Bertz CT molecular complexity index is 93.6. The van der Waals surface area contributed by atoms with Crippen molar-refractivity contribution in [1.29, 1.82) is 5.26 Å². The van der Waals surface area contributed by atoms with Crippen LogP contribution in [0.25, 0.3) is 0 Å². The first-order valence-electron chi connectivity index (χ1n) is 3.41. The molecule has 52 valence electrons. The Labute approximate surface area is 56.9 Å². The zero-order chi connectivity index (χ0) is 7.11. The summed E-state index contributed by atoms with van der Waals surface area (Å²) in [5.74, 6) is 0. The summed E-state index contributed by atoms with van der Waals surface area (Å²) in [5.41, 5.74) is 0. The molecule has 2 heteroatoms. The summed E-state index contributed by atoms with van der Waals surface area (Å²) in [6, 6.07) is 2.47. The van der Waals surface area contributed by atoms with E-state index in [9.17, 15) is 0 Å². The largest absolute Gasteiger partial charge is 0.313 e. The van der Waals surface area contributed by atoms with Crippen LogP contribution in [0.5, 0.6) is 0 Å². The molecule has 0 aliphatic rings. The van der Waals surface area contributed by atoms with E-state index in [-0.39, 0.29) is 0 Å². The molecule has 0 radical (unpaired) electrons. The van der Waals surface area contributed by atoms with Gasteiger partial charge >= 0.3 is 0 Å². The van der Waals surface area contributed by atoms with Crippen LogP contribution in [-0.4, -0.2) is 12.6 Å². The van der Waals surface area contributed by atoms with E-state index in [4.69, 9.17) is 5.26 Å². The van der Waals surface area contributed by atoms with Gasteiger partial charge in [0.2, 0.25) is 0 Å². The fourth-order valence-electron chi connectivity index (χ4n) is 0.600. The van der Waals surface area contributed by atoms with Gasteiger partial charge in [0, 0.05) is 6.04 Å². The van der Waals surface area contributed by atoms with Gasteiger partial charge in [-0.25, -0.2) is 0 Å². The van der Waals surface area contributed by atoms with Crippen molar-refractivity contribution in [2.24, 2.45) is 0 Å². The summed E-state index contributed by atoms with van der Waals surface area (Å²) in [5, 5.41) is 11.5. The number of nitrogens with one attached hydrogen (secondary N) is 1. The van der Waals surface area contributed by atoms with Crippen molar-refractivity contribution in [3.05, 3.63) is 0 Å². The highest BCUT2D eigenvalue weighted by molar-refractivity contribution is 4.76. The molecule has 2 nitrogen and oxygen atoms in total. The summed E-state index contributed by atoms with van der Waals surface area (Å²) < 4.78 is 0. The molecule has 0 aromatic rings. The van der Waals surface area contributed by atoms with Crippen molar-refractivity contribution in [2.75, 3.05) is 6.54 Å². The lowest BCUT2D eigenvalue weighted by atomic mass is 10.2. The molecule has 1 atom stereocenters. The Kier molecular flexibility index (Phi) is 5.24. The number of nitrogens with zero attached hydrogens (tertiary/aromatic N) is 1. The quantitative estimate of drug-likeness (QED) is 0.616. The van der Waals surface area contributed by atoms with E-state index in [1.165, 1.54) is 0 Å². The summed E-state index contributed by atoms with van der Waals surface area (Å²) in [4.78, 5) is 0. The molecule has 0 bridgehead atoms. The number of nitriles is 1. The fraction of sp³-hybridized carbons (Fsp3) is 0.857. The topological polar surface area (TPSA) is 35.8 Å². The van der Waals surface area contributed by atoms with Gasteiger partial charge in [0.1, 0.15) is 0 Å². The molecule has 0 aliphatic carbocycles. The monoisotopic (exact) mass is 126 g/mol. The van der Waals surface area contributed by atoms with Crippen LogP contribution in [0.2, 0.25) is 0 Å². The van der Waals surface area contributed by atoms with Crippen molar-refractivity contribution < 1.29 is 0 Å². The van der Waals surface area contributed by atoms with E-state index in [0.29, 0.717) is 12.5 Å². The predicted molar refractivity (Wildman–Crippen MR) is 38.0 cm³/mol. The molecule has 0 aromatic heterocycles. The van der Waals surface area contributed by atoms with Crippen LogP contribution >= 0.6 is 0 Å². The lowest BCUT2D eigenvalue weighted by Gasteiger charge is -2.06. The zero-order valence-corrected chi connectivity index (χ0v) is 6.15. The van der Waals surface area contributed by atoms with Gasteiger partial charge < -0.3 is 5.32 Å². The standard InChI is InChI=1S/C7H14N2/c1-3-6-9-7(2)4-5-8/h7,9H,3-4,6H2,1-2H3. The summed E-state index contributed by atoms with van der Waals surface area (Å²) in [6.07, 6.45) is 1.75.